The molecule has 3 rings (SSSR count). The second-order valence-electron chi connectivity index (χ2n) is 7.13. The molecule has 1 aromatic carbocycles. The van der Waals surface area contributed by atoms with Crippen molar-refractivity contribution in [2.45, 2.75) is 46.2 Å². The number of guanidine groups is 1. The number of hydrogen-bond donors (Lipinski definition) is 2. The fourth-order valence-corrected chi connectivity index (χ4v) is 3.10. The van der Waals surface area contributed by atoms with Crippen LogP contribution in [0.2, 0.25) is 0 Å². The van der Waals surface area contributed by atoms with E-state index in [0.717, 1.165) is 42.6 Å². The van der Waals surface area contributed by atoms with Gasteiger partial charge >= 0.3 is 0 Å². The highest BCUT2D eigenvalue weighted by atomic mass is 127. The lowest BCUT2D eigenvalue weighted by Crippen LogP contribution is -2.42. The summed E-state index contributed by atoms with van der Waals surface area (Å²) < 4.78 is 1.97. The molecular formula is C23H31IN6. The van der Waals surface area contributed by atoms with Crippen LogP contribution in [0.3, 0.4) is 0 Å². The Hall–Kier alpha value is -2.42. The average Bonchev–Trinajstić information content (AvgIpc) is 3.18. The van der Waals surface area contributed by atoms with Gasteiger partial charge in [0.25, 0.3) is 0 Å². The second-order valence-corrected chi connectivity index (χ2v) is 7.13. The quantitative estimate of drug-likeness (QED) is 0.266. The van der Waals surface area contributed by atoms with E-state index in [0.29, 0.717) is 12.6 Å². The van der Waals surface area contributed by atoms with Crippen LogP contribution in [0.1, 0.15) is 37.2 Å². The summed E-state index contributed by atoms with van der Waals surface area (Å²) in [5.74, 6) is 2.63. The molecular weight excluding hydrogens is 487 g/mol. The van der Waals surface area contributed by atoms with Crippen LogP contribution in [0.4, 0.5) is 0 Å². The van der Waals surface area contributed by atoms with E-state index in [1.165, 1.54) is 5.56 Å². The van der Waals surface area contributed by atoms with Crippen LogP contribution in [0, 0.1) is 6.92 Å². The standard InChI is InChI=1S/C23H30N6.HI/c1-4-24-23(28-18(2)10-11-20-8-6-5-7-9-20)27-17-21-12-13-22(26-16-21)29-15-14-25-19(29)3;/h5-9,12-16,18H,4,10-11,17H2,1-3H3,(H2,24,27,28);1H. The Morgan fingerprint density at radius 3 is 2.53 bits per heavy atom. The summed E-state index contributed by atoms with van der Waals surface area (Å²) in [7, 11) is 0. The molecule has 0 saturated carbocycles. The normalized spacial score (nSPS) is 12.2. The number of aliphatic imine (C=N–C) groups is 1. The third kappa shape index (κ3) is 7.12. The van der Waals surface area contributed by atoms with Gasteiger partial charge in [0.1, 0.15) is 11.6 Å². The van der Waals surface area contributed by atoms with Gasteiger partial charge in [-0.1, -0.05) is 36.4 Å². The van der Waals surface area contributed by atoms with Crippen LogP contribution in [0.25, 0.3) is 5.82 Å². The number of aromatic nitrogens is 3. The number of nitrogens with zero attached hydrogens (tertiary/aromatic N) is 4. The van der Waals surface area contributed by atoms with E-state index >= 15 is 0 Å². The van der Waals surface area contributed by atoms with Crippen molar-refractivity contribution in [3.8, 4) is 5.82 Å². The molecule has 1 atom stereocenters. The first-order valence-electron chi connectivity index (χ1n) is 10.2. The van der Waals surface area contributed by atoms with Crippen LogP contribution < -0.4 is 10.6 Å². The minimum Gasteiger partial charge on any atom is -0.357 e. The molecule has 0 fully saturated rings. The number of pyridine rings is 1. The lowest BCUT2D eigenvalue weighted by atomic mass is 10.1. The molecule has 1 unspecified atom stereocenters. The SMILES string of the molecule is CCNC(=NCc1ccc(-n2ccnc2C)nc1)NC(C)CCc1ccccc1.I. The van der Waals surface area contributed by atoms with Gasteiger partial charge in [-0.05, 0) is 50.8 Å². The number of benzene rings is 1. The van der Waals surface area contributed by atoms with Gasteiger partial charge in [-0.3, -0.25) is 4.57 Å². The molecule has 7 heteroatoms. The van der Waals surface area contributed by atoms with Crippen LogP contribution in [-0.4, -0.2) is 33.1 Å². The van der Waals surface area contributed by atoms with Gasteiger partial charge in [-0.2, -0.15) is 0 Å². The van der Waals surface area contributed by atoms with Gasteiger partial charge < -0.3 is 10.6 Å². The summed E-state index contributed by atoms with van der Waals surface area (Å²) in [6.45, 7) is 7.65. The Balaban J connectivity index is 0.00000320. The third-order valence-electron chi connectivity index (χ3n) is 4.74. The van der Waals surface area contributed by atoms with Gasteiger partial charge in [0, 0.05) is 31.2 Å². The molecule has 30 heavy (non-hydrogen) atoms. The number of aryl methyl sites for hydroxylation is 2. The Labute approximate surface area is 196 Å². The number of imidazole rings is 1. The minimum absolute atomic E-state index is 0. The summed E-state index contributed by atoms with van der Waals surface area (Å²) >= 11 is 0. The second kappa shape index (κ2) is 12.3. The molecule has 2 heterocycles. The summed E-state index contributed by atoms with van der Waals surface area (Å²) in [5, 5.41) is 6.83. The highest BCUT2D eigenvalue weighted by Gasteiger charge is 2.06. The molecule has 2 aromatic heterocycles. The molecule has 0 saturated heterocycles. The van der Waals surface area contributed by atoms with Crippen molar-refractivity contribution in [2.75, 3.05) is 6.54 Å². The van der Waals surface area contributed by atoms with E-state index in [1.54, 1.807) is 6.20 Å². The van der Waals surface area contributed by atoms with Crippen molar-refractivity contribution >= 4 is 29.9 Å². The predicted molar refractivity (Wildman–Crippen MR) is 134 cm³/mol. The fourth-order valence-electron chi connectivity index (χ4n) is 3.10. The summed E-state index contributed by atoms with van der Waals surface area (Å²) in [6, 6.07) is 15.0. The maximum Gasteiger partial charge on any atom is 0.191 e. The van der Waals surface area contributed by atoms with Gasteiger partial charge in [0.05, 0.1) is 6.54 Å². The van der Waals surface area contributed by atoms with Crippen molar-refractivity contribution < 1.29 is 0 Å². The maximum atomic E-state index is 4.72. The fraction of sp³-hybridized carbons (Fsp3) is 0.348. The number of rotatable bonds is 8. The number of halogens is 1. The predicted octanol–water partition coefficient (Wildman–Crippen LogP) is 4.27. The Bertz CT molecular complexity index is 905. The van der Waals surface area contributed by atoms with E-state index in [-0.39, 0.29) is 24.0 Å². The molecule has 0 radical (unpaired) electrons. The molecule has 0 spiro atoms. The first-order chi connectivity index (χ1) is 14.2. The van der Waals surface area contributed by atoms with Crippen LogP contribution in [-0.2, 0) is 13.0 Å². The Morgan fingerprint density at radius 2 is 1.90 bits per heavy atom. The lowest BCUT2D eigenvalue weighted by Gasteiger charge is -2.18. The van der Waals surface area contributed by atoms with Crippen molar-refractivity contribution in [1.29, 1.82) is 0 Å². The van der Waals surface area contributed by atoms with Crippen LogP contribution >= 0.6 is 24.0 Å². The van der Waals surface area contributed by atoms with E-state index < -0.39 is 0 Å². The smallest absolute Gasteiger partial charge is 0.191 e. The Morgan fingerprint density at radius 1 is 1.10 bits per heavy atom. The lowest BCUT2D eigenvalue weighted by molar-refractivity contribution is 0.593. The molecule has 0 aliphatic rings. The Kier molecular flexibility index (Phi) is 9.79. The molecule has 0 amide bonds. The molecule has 0 aliphatic heterocycles. The minimum atomic E-state index is 0. The van der Waals surface area contributed by atoms with Crippen molar-refractivity contribution in [2.24, 2.45) is 4.99 Å². The zero-order chi connectivity index (χ0) is 20.5. The van der Waals surface area contributed by atoms with Gasteiger partial charge in [0.2, 0.25) is 0 Å². The summed E-state index contributed by atoms with van der Waals surface area (Å²) in [6.07, 6.45) is 7.67. The van der Waals surface area contributed by atoms with Crippen molar-refractivity contribution in [3.05, 3.63) is 78.0 Å². The van der Waals surface area contributed by atoms with Crippen LogP contribution in [0.5, 0.6) is 0 Å². The molecule has 160 valence electrons. The first kappa shape index (κ1) is 23.9. The first-order valence-corrected chi connectivity index (χ1v) is 10.2. The van der Waals surface area contributed by atoms with E-state index in [4.69, 9.17) is 4.99 Å². The highest BCUT2D eigenvalue weighted by Crippen LogP contribution is 2.09. The average molecular weight is 518 g/mol. The summed E-state index contributed by atoms with van der Waals surface area (Å²) in [4.78, 5) is 13.5. The molecule has 0 aliphatic carbocycles. The summed E-state index contributed by atoms with van der Waals surface area (Å²) in [5.41, 5.74) is 2.43. The van der Waals surface area contributed by atoms with Gasteiger partial charge in [-0.15, -0.1) is 24.0 Å². The van der Waals surface area contributed by atoms with E-state index in [1.807, 2.05) is 30.0 Å². The topological polar surface area (TPSA) is 67.1 Å². The van der Waals surface area contributed by atoms with E-state index in [9.17, 15) is 0 Å². The molecule has 3 aromatic rings. The van der Waals surface area contributed by atoms with Crippen LogP contribution in [0.15, 0.2) is 66.0 Å². The highest BCUT2D eigenvalue weighted by molar-refractivity contribution is 14.0. The van der Waals surface area contributed by atoms with E-state index in [2.05, 4.69) is 70.8 Å². The zero-order valence-corrected chi connectivity index (χ0v) is 20.2. The number of nitrogens with one attached hydrogen (secondary N) is 2. The monoisotopic (exact) mass is 518 g/mol. The zero-order valence-electron chi connectivity index (χ0n) is 17.9. The third-order valence-corrected chi connectivity index (χ3v) is 4.74. The van der Waals surface area contributed by atoms with Gasteiger partial charge in [0.15, 0.2) is 5.96 Å². The maximum absolute atomic E-state index is 4.72. The molecule has 0 bridgehead atoms. The van der Waals surface area contributed by atoms with Crippen molar-refractivity contribution in [1.82, 2.24) is 25.2 Å². The largest absolute Gasteiger partial charge is 0.357 e. The molecule has 2 N–H and O–H groups in total. The van der Waals surface area contributed by atoms with Gasteiger partial charge in [-0.25, -0.2) is 15.0 Å². The number of hydrogen-bond acceptors (Lipinski definition) is 3. The van der Waals surface area contributed by atoms with Crippen molar-refractivity contribution in [3.63, 3.8) is 0 Å². The molecule has 6 nitrogen and oxygen atoms in total.